The Balaban J connectivity index is 0.864. The predicted octanol–water partition coefficient (Wildman–Crippen LogP) is 6.90. The fourth-order valence-corrected chi connectivity index (χ4v) is 7.39. The second-order valence-corrected chi connectivity index (χ2v) is 13.3. The molecule has 0 aliphatic carbocycles. The van der Waals surface area contributed by atoms with Crippen molar-refractivity contribution in [3.05, 3.63) is 106 Å². The van der Waals surface area contributed by atoms with Crippen molar-refractivity contribution in [2.75, 3.05) is 27.4 Å². The second kappa shape index (κ2) is 13.9. The Hall–Kier alpha value is -5.64. The molecule has 4 aromatic carbocycles. The minimum absolute atomic E-state index is 0.0573. The molecular weight excluding hydrogens is 644 g/mol. The summed E-state index contributed by atoms with van der Waals surface area (Å²) < 4.78 is 23.6. The second-order valence-electron chi connectivity index (χ2n) is 13.3. The van der Waals surface area contributed by atoms with Gasteiger partial charge in [-0.05, 0) is 66.5 Å². The number of carbonyl (C=O) groups is 2. The van der Waals surface area contributed by atoms with Crippen molar-refractivity contribution in [2.45, 2.75) is 57.3 Å². The minimum Gasteiger partial charge on any atom is -0.493 e. The predicted molar refractivity (Wildman–Crippen MR) is 195 cm³/mol. The Bertz CT molecular complexity index is 1910. The van der Waals surface area contributed by atoms with E-state index in [0.29, 0.717) is 71.8 Å². The summed E-state index contributed by atoms with van der Waals surface area (Å²) >= 11 is 0. The molecular formula is C41H40N4O6. The first kappa shape index (κ1) is 32.6. The van der Waals surface area contributed by atoms with E-state index in [1.54, 1.807) is 38.5 Å². The van der Waals surface area contributed by atoms with Gasteiger partial charge in [-0.25, -0.2) is 0 Å². The molecule has 4 aromatic rings. The van der Waals surface area contributed by atoms with E-state index in [1.807, 2.05) is 46.5 Å². The summed E-state index contributed by atoms with van der Waals surface area (Å²) in [6.07, 6.45) is 7.68. The van der Waals surface area contributed by atoms with Crippen LogP contribution in [0.5, 0.6) is 23.0 Å². The van der Waals surface area contributed by atoms with Gasteiger partial charge in [-0.2, -0.15) is 0 Å². The molecule has 4 heterocycles. The molecule has 0 N–H and O–H groups in total. The number of carbonyl (C=O) groups excluding carboxylic acids is 2. The lowest BCUT2D eigenvalue weighted by Gasteiger charge is -2.34. The molecule has 0 radical (unpaired) electrons. The van der Waals surface area contributed by atoms with Gasteiger partial charge >= 0.3 is 0 Å². The summed E-state index contributed by atoms with van der Waals surface area (Å²) in [4.78, 5) is 40.5. The maximum atomic E-state index is 13.7. The van der Waals surface area contributed by atoms with Gasteiger partial charge in [-0.3, -0.25) is 19.6 Å². The fourth-order valence-electron chi connectivity index (χ4n) is 7.39. The number of aliphatic imine (C=N–C) groups is 2. The Morgan fingerprint density at radius 1 is 0.588 bits per heavy atom. The van der Waals surface area contributed by atoms with E-state index >= 15 is 0 Å². The van der Waals surface area contributed by atoms with Crippen molar-refractivity contribution < 1.29 is 28.5 Å². The van der Waals surface area contributed by atoms with Crippen LogP contribution in [-0.2, 0) is 25.9 Å². The average Bonchev–Trinajstić information content (AvgIpc) is 3.38. The smallest absolute Gasteiger partial charge is 0.257 e. The molecule has 1 unspecified atom stereocenters. The van der Waals surface area contributed by atoms with Gasteiger partial charge < -0.3 is 28.7 Å². The van der Waals surface area contributed by atoms with Crippen molar-refractivity contribution in [1.29, 1.82) is 0 Å². The summed E-state index contributed by atoms with van der Waals surface area (Å²) in [7, 11) is 3.16. The van der Waals surface area contributed by atoms with Gasteiger partial charge in [-0.1, -0.05) is 48.5 Å². The molecule has 4 aliphatic rings. The lowest BCUT2D eigenvalue weighted by molar-refractivity contribution is 0.0696. The number of amides is 2. The van der Waals surface area contributed by atoms with Crippen LogP contribution in [-0.4, -0.2) is 73.6 Å². The van der Waals surface area contributed by atoms with Crippen LogP contribution in [0.4, 0.5) is 11.4 Å². The molecule has 51 heavy (non-hydrogen) atoms. The molecule has 0 aromatic heterocycles. The van der Waals surface area contributed by atoms with Gasteiger partial charge in [0.2, 0.25) is 0 Å². The van der Waals surface area contributed by atoms with Gasteiger partial charge in [0.15, 0.2) is 23.0 Å². The van der Waals surface area contributed by atoms with Gasteiger partial charge in [-0.15, -0.1) is 0 Å². The van der Waals surface area contributed by atoms with Crippen molar-refractivity contribution in [3.63, 3.8) is 0 Å². The molecule has 8 rings (SSSR count). The Morgan fingerprint density at radius 2 is 1.02 bits per heavy atom. The average molecular weight is 685 g/mol. The largest absolute Gasteiger partial charge is 0.493 e. The van der Waals surface area contributed by atoms with Crippen molar-refractivity contribution >= 4 is 35.6 Å². The van der Waals surface area contributed by atoms with E-state index in [0.717, 1.165) is 32.1 Å². The van der Waals surface area contributed by atoms with Crippen LogP contribution in [0.25, 0.3) is 0 Å². The summed E-state index contributed by atoms with van der Waals surface area (Å²) in [5.74, 6) is 2.02. The summed E-state index contributed by atoms with van der Waals surface area (Å²) in [6, 6.07) is 23.4. The molecule has 2 atom stereocenters. The third kappa shape index (κ3) is 6.30. The van der Waals surface area contributed by atoms with E-state index in [1.165, 1.54) is 22.3 Å². The van der Waals surface area contributed by atoms with Gasteiger partial charge in [0.1, 0.15) is 0 Å². The monoisotopic (exact) mass is 684 g/mol. The highest BCUT2D eigenvalue weighted by Crippen LogP contribution is 2.40. The number of ether oxygens (including phenoxy) is 4. The normalized spacial score (nSPS) is 18.3. The fraction of sp³-hybridized carbons (Fsp3) is 0.317. The van der Waals surface area contributed by atoms with E-state index in [-0.39, 0.29) is 23.9 Å². The Kier molecular flexibility index (Phi) is 8.90. The van der Waals surface area contributed by atoms with Crippen LogP contribution in [0, 0.1) is 0 Å². The maximum Gasteiger partial charge on any atom is 0.257 e. The first-order chi connectivity index (χ1) is 25.0. The van der Waals surface area contributed by atoms with Crippen LogP contribution in [0.3, 0.4) is 0 Å². The molecule has 0 spiro atoms. The third-order valence-corrected chi connectivity index (χ3v) is 10.2. The summed E-state index contributed by atoms with van der Waals surface area (Å²) in [5.41, 5.74) is 7.04. The molecule has 10 heteroatoms. The number of hydrogen-bond donors (Lipinski definition) is 0. The molecule has 0 saturated heterocycles. The Labute approximate surface area is 297 Å². The van der Waals surface area contributed by atoms with Crippen LogP contribution in [0.15, 0.2) is 82.8 Å². The number of nitrogens with zero attached hydrogens (tertiary/aromatic N) is 4. The number of methoxy groups -OCH3 is 2. The minimum atomic E-state index is -0.0980. The van der Waals surface area contributed by atoms with Crippen LogP contribution < -0.4 is 18.9 Å². The van der Waals surface area contributed by atoms with E-state index in [9.17, 15) is 9.59 Å². The number of benzene rings is 4. The molecule has 4 aliphatic heterocycles. The lowest BCUT2D eigenvalue weighted by atomic mass is 9.94. The Morgan fingerprint density at radius 3 is 1.45 bits per heavy atom. The number of fused-ring (bicyclic) bond motifs is 6. The zero-order valence-electron chi connectivity index (χ0n) is 28.8. The molecule has 10 nitrogen and oxygen atoms in total. The molecule has 0 saturated carbocycles. The molecule has 0 fully saturated rings. The number of hydrogen-bond acceptors (Lipinski definition) is 8. The number of rotatable bonds is 10. The van der Waals surface area contributed by atoms with Crippen LogP contribution in [0.2, 0.25) is 0 Å². The molecule has 0 bridgehead atoms. The quantitative estimate of drug-likeness (QED) is 0.169. The van der Waals surface area contributed by atoms with Crippen molar-refractivity contribution in [1.82, 2.24) is 9.80 Å². The van der Waals surface area contributed by atoms with Crippen molar-refractivity contribution in [3.8, 4) is 23.0 Å². The number of unbranched alkanes of at least 4 members (excludes halogenated alkanes) is 2. The zero-order chi connectivity index (χ0) is 34.9. The summed E-state index contributed by atoms with van der Waals surface area (Å²) in [6.45, 7) is 2.04. The topological polar surface area (TPSA) is 102 Å². The van der Waals surface area contributed by atoms with E-state index in [2.05, 4.69) is 24.3 Å². The van der Waals surface area contributed by atoms with E-state index in [4.69, 9.17) is 28.9 Å². The van der Waals surface area contributed by atoms with Gasteiger partial charge in [0.25, 0.3) is 11.8 Å². The maximum absolute atomic E-state index is 13.7. The van der Waals surface area contributed by atoms with Crippen LogP contribution in [0.1, 0.15) is 62.2 Å². The van der Waals surface area contributed by atoms with Crippen LogP contribution >= 0.6 is 0 Å². The lowest BCUT2D eigenvalue weighted by Crippen LogP contribution is -2.44. The highest BCUT2D eigenvalue weighted by molar-refractivity contribution is 6.04. The SMILES string of the molecule is COc1cc2c(cc1OCCCCCOc1cc3c(cc1OC)C(=O)N1Cc4ccccc4C[C@H]1C=N3)N=CC1Cc3ccccc3CN1C2=O. The third-order valence-electron chi connectivity index (χ3n) is 10.2. The molecule has 260 valence electrons. The zero-order valence-corrected chi connectivity index (χ0v) is 28.8. The highest BCUT2D eigenvalue weighted by Gasteiger charge is 2.34. The molecule has 2 amide bonds. The van der Waals surface area contributed by atoms with Gasteiger partial charge in [0, 0.05) is 37.7 Å². The van der Waals surface area contributed by atoms with Crippen molar-refractivity contribution in [2.24, 2.45) is 9.98 Å². The first-order valence-corrected chi connectivity index (χ1v) is 17.5. The summed E-state index contributed by atoms with van der Waals surface area (Å²) in [5, 5.41) is 0. The van der Waals surface area contributed by atoms with Gasteiger partial charge in [0.05, 0.1) is 62.0 Å². The first-order valence-electron chi connectivity index (χ1n) is 17.5. The standard InChI is InChI=1S/C41H40N4O6/c1-48-36-18-32-34(42-22-30-16-26-10-4-6-12-28(26)24-44(30)40(32)46)20-38(36)50-14-8-3-9-15-51-39-21-35-33(19-37(39)49-2)41(47)45-25-29-13-7-5-11-27(29)17-31(45)23-43-35/h4-7,10-13,18-23,30-31H,3,8-9,14-17,24-25H2,1-2H3/t30-,31?/m0/s1. The highest BCUT2D eigenvalue weighted by atomic mass is 16.5. The van der Waals surface area contributed by atoms with E-state index < -0.39 is 0 Å².